The summed E-state index contributed by atoms with van der Waals surface area (Å²) in [5, 5.41) is 9.65. The van der Waals surface area contributed by atoms with E-state index in [1.807, 2.05) is 21.1 Å². The molecule has 0 spiro atoms. The molecule has 2 atom stereocenters. The van der Waals surface area contributed by atoms with Crippen molar-refractivity contribution in [3.63, 3.8) is 0 Å². The second kappa shape index (κ2) is 45.3. The fourth-order valence-corrected chi connectivity index (χ4v) is 7.11. The number of carbonyl (C=O) groups is 3. The highest BCUT2D eigenvalue weighted by molar-refractivity contribution is 5.72. The Bertz CT molecular complexity index is 1260. The van der Waals surface area contributed by atoms with Gasteiger partial charge in [-0.05, 0) is 83.5 Å². The topological polar surface area (TPSA) is 99.1 Å². The SMILES string of the molecule is CCCCC/C=C/C/C=C/C/C=C/CCCCCCCCCCCC(=O)OCC(COCCC(C(=O)O)[N+](C)(C)C)OC(=O)CCC/C=C/C/C=C/C/C=C/CCCCCCCC. The van der Waals surface area contributed by atoms with E-state index in [0.717, 1.165) is 57.8 Å². The molecule has 0 aromatic heterocycles. The van der Waals surface area contributed by atoms with Gasteiger partial charge >= 0.3 is 17.9 Å². The minimum Gasteiger partial charge on any atom is -0.477 e. The molecule has 0 rings (SSSR count). The number of carbonyl (C=O) groups excluding carboxylic acids is 2. The van der Waals surface area contributed by atoms with Crippen molar-refractivity contribution in [3.05, 3.63) is 72.9 Å². The quantitative estimate of drug-likeness (QED) is 0.0281. The molecule has 8 nitrogen and oxygen atoms in total. The van der Waals surface area contributed by atoms with Gasteiger partial charge in [-0.2, -0.15) is 0 Å². The first-order valence-electron chi connectivity index (χ1n) is 25.5. The lowest BCUT2D eigenvalue weighted by Crippen LogP contribution is -2.50. The molecule has 0 saturated carbocycles. The van der Waals surface area contributed by atoms with Gasteiger partial charge in [-0.1, -0.05) is 177 Å². The summed E-state index contributed by atoms with van der Waals surface area (Å²) in [4.78, 5) is 37.1. The summed E-state index contributed by atoms with van der Waals surface area (Å²) < 4.78 is 17.3. The third-order valence-electron chi connectivity index (χ3n) is 11.1. The third kappa shape index (κ3) is 43.8. The average Bonchev–Trinajstić information content (AvgIpc) is 3.24. The van der Waals surface area contributed by atoms with Gasteiger partial charge in [-0.15, -0.1) is 0 Å². The Kier molecular flexibility index (Phi) is 43.0. The molecule has 1 N–H and O–H groups in total. The summed E-state index contributed by atoms with van der Waals surface area (Å²) in [6, 6.07) is -0.628. The molecule has 0 aliphatic carbocycles. The van der Waals surface area contributed by atoms with Crippen molar-refractivity contribution in [2.45, 2.75) is 219 Å². The molecule has 8 heteroatoms. The zero-order valence-corrected chi connectivity index (χ0v) is 41.3. The molecule has 0 aromatic carbocycles. The normalized spacial score (nSPS) is 13.5. The van der Waals surface area contributed by atoms with Crippen LogP contribution in [0, 0.1) is 0 Å². The highest BCUT2D eigenvalue weighted by Gasteiger charge is 2.31. The number of unbranched alkanes of at least 4 members (excludes halogenated alkanes) is 19. The number of quaternary nitrogens is 1. The molecule has 0 radical (unpaired) electrons. The van der Waals surface area contributed by atoms with Crippen LogP contribution < -0.4 is 0 Å². The van der Waals surface area contributed by atoms with Crippen LogP contribution in [-0.2, 0) is 28.6 Å². The summed E-state index contributed by atoms with van der Waals surface area (Å²) in [6.07, 6.45) is 58.1. The number of carboxylic acids is 1. The van der Waals surface area contributed by atoms with E-state index in [1.165, 1.54) is 109 Å². The first-order valence-corrected chi connectivity index (χ1v) is 25.5. The van der Waals surface area contributed by atoms with E-state index in [2.05, 4.69) is 86.8 Å². The molecular formula is C55H96NO7+. The zero-order chi connectivity index (χ0) is 46.3. The predicted octanol–water partition coefficient (Wildman–Crippen LogP) is 14.7. The number of allylic oxidation sites excluding steroid dienone is 12. The number of carboxylic acid groups (broad SMARTS) is 1. The van der Waals surface area contributed by atoms with Gasteiger partial charge in [0.15, 0.2) is 12.1 Å². The molecule has 362 valence electrons. The van der Waals surface area contributed by atoms with Crippen LogP contribution in [0.1, 0.15) is 206 Å². The first kappa shape index (κ1) is 59.8. The van der Waals surface area contributed by atoms with Crippen LogP contribution in [0.2, 0.25) is 0 Å². The molecule has 0 aliphatic rings. The second-order valence-corrected chi connectivity index (χ2v) is 18.1. The predicted molar refractivity (Wildman–Crippen MR) is 266 cm³/mol. The molecule has 0 saturated heterocycles. The van der Waals surface area contributed by atoms with Crippen LogP contribution in [0.3, 0.4) is 0 Å². The highest BCUT2D eigenvalue weighted by Crippen LogP contribution is 2.14. The van der Waals surface area contributed by atoms with Gasteiger partial charge in [0, 0.05) is 19.3 Å². The Labute approximate surface area is 387 Å². The number of hydrogen-bond donors (Lipinski definition) is 1. The lowest BCUT2D eigenvalue weighted by atomic mass is 10.1. The molecule has 0 amide bonds. The smallest absolute Gasteiger partial charge is 0.362 e. The lowest BCUT2D eigenvalue weighted by Gasteiger charge is -2.31. The molecule has 0 aromatic rings. The van der Waals surface area contributed by atoms with E-state index < -0.39 is 18.1 Å². The second-order valence-electron chi connectivity index (χ2n) is 18.1. The van der Waals surface area contributed by atoms with Crippen molar-refractivity contribution < 1.29 is 38.2 Å². The summed E-state index contributed by atoms with van der Waals surface area (Å²) in [5.74, 6) is -1.54. The van der Waals surface area contributed by atoms with Crippen LogP contribution in [0.25, 0.3) is 0 Å². The number of likely N-dealkylation sites (N-methyl/N-ethyl adjacent to an activating group) is 1. The molecule has 0 bridgehead atoms. The van der Waals surface area contributed by atoms with Crippen LogP contribution in [-0.4, -0.2) is 80.6 Å². The van der Waals surface area contributed by atoms with Crippen molar-refractivity contribution in [2.24, 2.45) is 0 Å². The van der Waals surface area contributed by atoms with Crippen LogP contribution in [0.15, 0.2) is 72.9 Å². The Morgan fingerprint density at radius 2 is 0.857 bits per heavy atom. The van der Waals surface area contributed by atoms with Crippen LogP contribution >= 0.6 is 0 Å². The Hall–Kier alpha value is -3.23. The van der Waals surface area contributed by atoms with E-state index >= 15 is 0 Å². The van der Waals surface area contributed by atoms with Crippen molar-refractivity contribution in [1.82, 2.24) is 0 Å². The Balaban J connectivity index is 4.33. The molecule has 0 aliphatic heterocycles. The lowest BCUT2D eigenvalue weighted by molar-refractivity contribution is -0.887. The van der Waals surface area contributed by atoms with Crippen molar-refractivity contribution in [1.29, 1.82) is 0 Å². The summed E-state index contributed by atoms with van der Waals surface area (Å²) in [7, 11) is 5.51. The van der Waals surface area contributed by atoms with Crippen LogP contribution in [0.5, 0.6) is 0 Å². The maximum atomic E-state index is 12.8. The summed E-state index contributed by atoms with van der Waals surface area (Å²) in [5.41, 5.74) is 0. The fraction of sp³-hybridized carbons (Fsp3) is 0.727. The van der Waals surface area contributed by atoms with Crippen molar-refractivity contribution in [3.8, 4) is 0 Å². The fourth-order valence-electron chi connectivity index (χ4n) is 7.11. The number of hydrogen-bond acceptors (Lipinski definition) is 6. The van der Waals surface area contributed by atoms with Gasteiger partial charge in [-0.3, -0.25) is 9.59 Å². The van der Waals surface area contributed by atoms with Gasteiger partial charge in [0.1, 0.15) is 6.61 Å². The van der Waals surface area contributed by atoms with E-state index in [4.69, 9.17) is 14.2 Å². The maximum Gasteiger partial charge on any atom is 0.362 e. The van der Waals surface area contributed by atoms with E-state index in [-0.39, 0.29) is 42.7 Å². The van der Waals surface area contributed by atoms with Crippen molar-refractivity contribution in [2.75, 3.05) is 41.0 Å². The number of aliphatic carboxylic acids is 1. The summed E-state index contributed by atoms with van der Waals surface area (Å²) >= 11 is 0. The van der Waals surface area contributed by atoms with Gasteiger partial charge in [0.25, 0.3) is 0 Å². The van der Waals surface area contributed by atoms with Crippen LogP contribution in [0.4, 0.5) is 0 Å². The molecule has 63 heavy (non-hydrogen) atoms. The van der Waals surface area contributed by atoms with Crippen molar-refractivity contribution >= 4 is 17.9 Å². The molecule has 0 heterocycles. The number of nitrogens with zero attached hydrogens (tertiary/aromatic N) is 1. The van der Waals surface area contributed by atoms with Gasteiger partial charge in [0.05, 0.1) is 34.4 Å². The molecule has 0 fully saturated rings. The van der Waals surface area contributed by atoms with E-state index in [1.54, 1.807) is 0 Å². The molecular weight excluding hydrogens is 787 g/mol. The molecule has 2 unspecified atom stereocenters. The standard InChI is InChI=1S/C55H95NO7/c1-6-8-10-12-14-16-18-20-22-24-25-26-27-28-30-31-33-35-37-39-41-43-45-53(57)62-50-51(49-61-48-47-52(55(59)60)56(3,4)5)63-54(58)46-44-42-40-38-36-34-32-29-23-21-19-17-15-13-11-9-7-2/h14,16,20-23,25-26,32,34,38,40,51-52H,6-13,15,17-19,24,27-31,33,35-37,39,41-50H2,1-5H3/p+1/b16-14+,22-20+,23-21+,26-25+,34-32+,40-38+. The zero-order valence-electron chi connectivity index (χ0n) is 41.3. The van der Waals surface area contributed by atoms with Gasteiger partial charge in [-0.25, -0.2) is 4.79 Å². The van der Waals surface area contributed by atoms with E-state index in [9.17, 15) is 19.5 Å². The Morgan fingerprint density at radius 3 is 1.32 bits per heavy atom. The Morgan fingerprint density at radius 1 is 0.476 bits per heavy atom. The third-order valence-corrected chi connectivity index (χ3v) is 11.1. The van der Waals surface area contributed by atoms with E-state index in [0.29, 0.717) is 19.3 Å². The largest absolute Gasteiger partial charge is 0.477 e. The maximum absolute atomic E-state index is 12.8. The monoisotopic (exact) mass is 883 g/mol. The highest BCUT2D eigenvalue weighted by atomic mass is 16.6. The minimum absolute atomic E-state index is 0.0366. The average molecular weight is 883 g/mol. The number of esters is 2. The summed E-state index contributed by atoms with van der Waals surface area (Å²) in [6.45, 7) is 4.65. The number of rotatable bonds is 45. The van der Waals surface area contributed by atoms with Gasteiger partial charge < -0.3 is 23.8 Å². The van der Waals surface area contributed by atoms with Gasteiger partial charge in [0.2, 0.25) is 0 Å². The minimum atomic E-state index is -0.885. The number of ether oxygens (including phenoxy) is 3. The first-order chi connectivity index (χ1) is 30.6.